The van der Waals surface area contributed by atoms with Crippen LogP contribution in [0.5, 0.6) is 0 Å². The molecule has 0 saturated carbocycles. The van der Waals surface area contributed by atoms with Gasteiger partial charge < -0.3 is 4.98 Å². The number of H-pyrrole nitrogens is 2. The average molecular weight is 481 g/mol. The van der Waals surface area contributed by atoms with E-state index in [0.717, 1.165) is 45.2 Å². The van der Waals surface area contributed by atoms with Gasteiger partial charge in [-0.2, -0.15) is 5.10 Å². The summed E-state index contributed by atoms with van der Waals surface area (Å²) >= 11 is 0. The molecule has 35 heavy (non-hydrogen) atoms. The van der Waals surface area contributed by atoms with Crippen molar-refractivity contribution in [1.82, 2.24) is 40.1 Å². The fraction of sp³-hybridized carbons (Fsp3) is 0.630. The third-order valence-corrected chi connectivity index (χ3v) is 5.36. The number of nitrogens with zero attached hydrogens (tertiary/aromatic N) is 6. The maximum Gasteiger partial charge on any atom is 0.181 e. The summed E-state index contributed by atoms with van der Waals surface area (Å²) < 4.78 is 0. The van der Waals surface area contributed by atoms with Crippen LogP contribution in [0.3, 0.4) is 0 Å². The van der Waals surface area contributed by atoms with Gasteiger partial charge in [0.05, 0.1) is 29.3 Å². The Kier molecular flexibility index (Phi) is 7.51. The van der Waals surface area contributed by atoms with Crippen molar-refractivity contribution in [2.75, 3.05) is 0 Å². The number of hydrogen-bond donors (Lipinski definition) is 2. The molecule has 0 aliphatic rings. The van der Waals surface area contributed by atoms with Gasteiger partial charge in [0.25, 0.3) is 0 Å². The highest BCUT2D eigenvalue weighted by atomic mass is 15.1. The lowest BCUT2D eigenvalue weighted by atomic mass is 9.89. The second kappa shape index (κ2) is 9.28. The first-order valence-corrected chi connectivity index (χ1v) is 11.8. The number of fused-ring (bicyclic) bond motifs is 2. The van der Waals surface area contributed by atoms with Gasteiger partial charge in [-0.25, -0.2) is 24.9 Å². The number of hydrogen-bond acceptors (Lipinski definition) is 6. The molecule has 0 saturated heterocycles. The van der Waals surface area contributed by atoms with Crippen LogP contribution in [0.2, 0.25) is 0 Å². The topological polar surface area (TPSA) is 109 Å². The maximum atomic E-state index is 4.74. The Bertz CT molecular complexity index is 1180. The van der Waals surface area contributed by atoms with Crippen molar-refractivity contribution in [3.05, 3.63) is 35.6 Å². The monoisotopic (exact) mass is 480 g/mol. The van der Waals surface area contributed by atoms with E-state index < -0.39 is 0 Å². The van der Waals surface area contributed by atoms with Crippen molar-refractivity contribution < 1.29 is 0 Å². The summed E-state index contributed by atoms with van der Waals surface area (Å²) in [4.78, 5) is 26.0. The first kappa shape index (κ1) is 28.3. The number of aromatic nitrogens is 8. The van der Waals surface area contributed by atoms with Gasteiger partial charge in [0.2, 0.25) is 0 Å². The third-order valence-electron chi connectivity index (χ3n) is 5.36. The molecule has 0 aliphatic carbocycles. The third kappa shape index (κ3) is 6.21. The predicted molar refractivity (Wildman–Crippen MR) is 145 cm³/mol. The summed E-state index contributed by atoms with van der Waals surface area (Å²) in [5.74, 6) is 1.71. The first-order chi connectivity index (χ1) is 15.4. The molecule has 0 unspecified atom stereocenters. The molecule has 0 aromatic carbocycles. The van der Waals surface area contributed by atoms with E-state index >= 15 is 0 Å². The molecule has 0 aliphatic heterocycles. The summed E-state index contributed by atoms with van der Waals surface area (Å²) in [7, 11) is 0. The average Bonchev–Trinajstić information content (AvgIpc) is 3.32. The number of imidazole rings is 1. The summed E-state index contributed by atoms with van der Waals surface area (Å²) in [6.07, 6.45) is 3.49. The second-order valence-electron chi connectivity index (χ2n) is 13.0. The lowest BCUT2D eigenvalue weighted by Crippen LogP contribution is -2.22. The summed E-state index contributed by atoms with van der Waals surface area (Å²) in [5.41, 5.74) is 4.48. The van der Waals surface area contributed by atoms with Crippen LogP contribution >= 0.6 is 0 Å². The highest BCUT2D eigenvalue weighted by Gasteiger charge is 2.27. The quantitative estimate of drug-likeness (QED) is 0.296. The van der Waals surface area contributed by atoms with E-state index in [4.69, 9.17) is 9.97 Å². The van der Waals surface area contributed by atoms with E-state index in [9.17, 15) is 0 Å². The molecular formula is C27H44N8. The zero-order valence-corrected chi connectivity index (χ0v) is 22.8. The molecule has 0 radical (unpaired) electrons. The molecule has 4 rings (SSSR count). The van der Waals surface area contributed by atoms with Gasteiger partial charge in [0, 0.05) is 21.7 Å². The van der Waals surface area contributed by atoms with Crippen LogP contribution in [0.15, 0.2) is 12.5 Å². The van der Waals surface area contributed by atoms with E-state index in [0.29, 0.717) is 0 Å². The summed E-state index contributed by atoms with van der Waals surface area (Å²) in [5, 5.41) is 8.03. The standard InChI is InChI=1S/2C13H20N4.CH4/c1-12(2,3)9-8-10(15-7-14-8)17-11(16-9)13(4,5)6;1-12(2,3)9-8-7-14-17-10(8)16-11(15-9)13(4,5)6;/h2*7H,1-6H3,(H,14,15,16,17);1H4. The van der Waals surface area contributed by atoms with E-state index in [2.05, 4.69) is 113 Å². The Labute approximate surface area is 210 Å². The van der Waals surface area contributed by atoms with Crippen molar-refractivity contribution in [3.8, 4) is 0 Å². The maximum absolute atomic E-state index is 4.74. The van der Waals surface area contributed by atoms with Crippen LogP contribution in [0.4, 0.5) is 0 Å². The lowest BCUT2D eigenvalue weighted by Gasteiger charge is -2.23. The van der Waals surface area contributed by atoms with Crippen LogP contribution < -0.4 is 0 Å². The molecule has 0 spiro atoms. The second-order valence-corrected chi connectivity index (χ2v) is 13.0. The van der Waals surface area contributed by atoms with Crippen LogP contribution in [-0.2, 0) is 21.7 Å². The van der Waals surface area contributed by atoms with E-state index in [1.807, 2.05) is 6.20 Å². The zero-order valence-electron chi connectivity index (χ0n) is 22.8. The van der Waals surface area contributed by atoms with E-state index in [1.165, 1.54) is 0 Å². The van der Waals surface area contributed by atoms with Crippen molar-refractivity contribution in [2.24, 2.45) is 0 Å². The van der Waals surface area contributed by atoms with Gasteiger partial charge in [0.15, 0.2) is 11.3 Å². The Morgan fingerprint density at radius 1 is 0.629 bits per heavy atom. The van der Waals surface area contributed by atoms with Crippen LogP contribution in [-0.4, -0.2) is 40.1 Å². The molecule has 2 N–H and O–H groups in total. The van der Waals surface area contributed by atoms with Crippen molar-refractivity contribution in [1.29, 1.82) is 0 Å². The van der Waals surface area contributed by atoms with E-state index in [-0.39, 0.29) is 29.1 Å². The predicted octanol–water partition coefficient (Wildman–Crippen LogP) is 6.53. The highest BCUT2D eigenvalue weighted by molar-refractivity contribution is 5.77. The van der Waals surface area contributed by atoms with Crippen LogP contribution in [0.25, 0.3) is 22.2 Å². The molecule has 192 valence electrons. The molecule has 4 aromatic heterocycles. The van der Waals surface area contributed by atoms with Gasteiger partial charge in [-0.15, -0.1) is 0 Å². The molecule has 0 atom stereocenters. The van der Waals surface area contributed by atoms with Gasteiger partial charge in [0.1, 0.15) is 17.2 Å². The fourth-order valence-electron chi connectivity index (χ4n) is 3.45. The van der Waals surface area contributed by atoms with Crippen molar-refractivity contribution in [2.45, 2.75) is 112 Å². The molecule has 4 aromatic rings. The van der Waals surface area contributed by atoms with Crippen molar-refractivity contribution >= 4 is 22.2 Å². The fourth-order valence-corrected chi connectivity index (χ4v) is 3.45. The van der Waals surface area contributed by atoms with Crippen molar-refractivity contribution in [3.63, 3.8) is 0 Å². The molecule has 0 fully saturated rings. The molecular weight excluding hydrogens is 436 g/mol. The normalized spacial score (nSPS) is 12.9. The molecule has 0 bridgehead atoms. The van der Waals surface area contributed by atoms with Gasteiger partial charge in [-0.05, 0) is 0 Å². The minimum atomic E-state index is -0.0624. The number of nitrogens with one attached hydrogen (secondary N) is 2. The smallest absolute Gasteiger partial charge is 0.181 e. The van der Waals surface area contributed by atoms with Crippen LogP contribution in [0.1, 0.15) is 114 Å². The first-order valence-electron chi connectivity index (χ1n) is 11.8. The summed E-state index contributed by atoms with van der Waals surface area (Å²) in [6.45, 7) is 25.7. The SMILES string of the molecule is C.CC(C)(C)c1nc(C(C)(C)C)c2[nH]cnc2n1.CC(C)(C)c1nc(C(C)(C)C)c2cn[nH]c2n1. The largest absolute Gasteiger partial charge is 0.342 e. The molecule has 0 amide bonds. The minimum absolute atomic E-state index is 0. The molecule has 8 heteroatoms. The number of rotatable bonds is 0. The van der Waals surface area contributed by atoms with E-state index in [1.54, 1.807) is 6.33 Å². The molecule has 8 nitrogen and oxygen atoms in total. The highest BCUT2D eigenvalue weighted by Crippen LogP contribution is 2.30. The Hall–Kier alpha value is -2.90. The number of aromatic amines is 2. The minimum Gasteiger partial charge on any atom is -0.342 e. The van der Waals surface area contributed by atoms with Gasteiger partial charge in [-0.1, -0.05) is 90.5 Å². The Morgan fingerprint density at radius 2 is 1.14 bits per heavy atom. The Balaban J connectivity index is 0.000000240. The zero-order chi connectivity index (χ0) is 25.7. The van der Waals surface area contributed by atoms with Gasteiger partial charge >= 0.3 is 0 Å². The summed E-state index contributed by atoms with van der Waals surface area (Å²) in [6, 6.07) is 0. The van der Waals surface area contributed by atoms with Crippen LogP contribution in [0, 0.1) is 0 Å². The van der Waals surface area contributed by atoms with Gasteiger partial charge in [-0.3, -0.25) is 5.10 Å². The lowest BCUT2D eigenvalue weighted by molar-refractivity contribution is 0.519. The Morgan fingerprint density at radius 3 is 1.66 bits per heavy atom. The molecule has 4 heterocycles.